The van der Waals surface area contributed by atoms with E-state index in [0.717, 1.165) is 49.3 Å². The van der Waals surface area contributed by atoms with Crippen LogP contribution in [0, 0.1) is 19.1 Å². The maximum absolute atomic E-state index is 13.8. The molecule has 3 aromatic carbocycles. The van der Waals surface area contributed by atoms with Crippen molar-refractivity contribution in [3.05, 3.63) is 102 Å². The molecule has 1 aromatic heterocycles. The first kappa shape index (κ1) is 35.6. The molecule has 248 valence electrons. The average Bonchev–Trinajstić information content (AvgIpc) is 3.39. The number of hydrogen-bond donors (Lipinski definition) is 1. The van der Waals surface area contributed by atoms with Crippen LogP contribution in [0.4, 0.5) is 18.9 Å². The Bertz CT molecular complexity index is 1620. The lowest BCUT2D eigenvalue weighted by molar-refractivity contribution is -0.137. The molecule has 47 heavy (non-hydrogen) atoms. The molecule has 0 fully saturated rings. The van der Waals surface area contributed by atoms with Crippen LogP contribution in [0.5, 0.6) is 5.75 Å². The second-order valence-electron chi connectivity index (χ2n) is 10.8. The van der Waals surface area contributed by atoms with Gasteiger partial charge in [-0.25, -0.2) is 4.98 Å². The zero-order chi connectivity index (χ0) is 33.8. The molecule has 0 bridgehead atoms. The van der Waals surface area contributed by atoms with Crippen molar-refractivity contribution in [1.29, 1.82) is 0 Å². The molecule has 1 heterocycles. The highest BCUT2D eigenvalue weighted by atomic mass is 32.2. The number of anilines is 1. The highest BCUT2D eigenvalue weighted by molar-refractivity contribution is 7.90. The second-order valence-corrected chi connectivity index (χ2v) is 12.2. The predicted molar refractivity (Wildman–Crippen MR) is 177 cm³/mol. The van der Waals surface area contributed by atoms with Crippen molar-refractivity contribution in [3.8, 4) is 16.9 Å². The molecule has 0 aliphatic rings. The first-order chi connectivity index (χ1) is 22.6. The summed E-state index contributed by atoms with van der Waals surface area (Å²) in [5.74, 6) is 0.289. The quantitative estimate of drug-likeness (QED) is 0.0744. The van der Waals surface area contributed by atoms with E-state index in [1.54, 1.807) is 54.9 Å². The maximum atomic E-state index is 13.8. The van der Waals surface area contributed by atoms with Crippen LogP contribution in [-0.4, -0.2) is 39.8 Å². The number of hydrogen-bond acceptors (Lipinski definition) is 5. The van der Waals surface area contributed by atoms with Crippen molar-refractivity contribution in [2.24, 2.45) is 0 Å². The fraction of sp³-hybridized carbons (Fsp3) is 0.333. The molecule has 11 heteroatoms. The van der Waals surface area contributed by atoms with Crippen LogP contribution < -0.4 is 10.1 Å². The van der Waals surface area contributed by atoms with Crippen LogP contribution in [-0.2, 0) is 39.2 Å². The molecule has 0 radical (unpaired) electrons. The fourth-order valence-corrected chi connectivity index (χ4v) is 5.89. The van der Waals surface area contributed by atoms with Crippen molar-refractivity contribution >= 4 is 28.8 Å². The molecule has 0 unspecified atom stereocenters. The number of carbonyl (C=O) groups is 1. The summed E-state index contributed by atoms with van der Waals surface area (Å²) >= 11 is -1.33. The minimum Gasteiger partial charge on any atom is -0.611 e. The summed E-state index contributed by atoms with van der Waals surface area (Å²) in [6.45, 7) is 8.35. The van der Waals surface area contributed by atoms with Crippen LogP contribution in [0.1, 0.15) is 55.6 Å². The van der Waals surface area contributed by atoms with Gasteiger partial charge >= 0.3 is 6.18 Å². The third-order valence-corrected chi connectivity index (χ3v) is 8.52. The molecule has 0 saturated carbocycles. The van der Waals surface area contributed by atoms with Gasteiger partial charge in [0.1, 0.15) is 17.9 Å². The van der Waals surface area contributed by atoms with E-state index in [4.69, 9.17) is 9.47 Å². The van der Waals surface area contributed by atoms with Crippen molar-refractivity contribution in [2.45, 2.75) is 63.4 Å². The van der Waals surface area contributed by atoms with Crippen molar-refractivity contribution in [1.82, 2.24) is 9.55 Å². The first-order valence-corrected chi connectivity index (χ1v) is 16.7. The number of nitrogens with one attached hydrogen (secondary N) is 1. The number of benzene rings is 2. The Morgan fingerprint density at radius 2 is 1.79 bits per heavy atom. The maximum Gasteiger partial charge on any atom is 0.424 e. The van der Waals surface area contributed by atoms with Crippen LogP contribution in [0.2, 0.25) is 0 Å². The van der Waals surface area contributed by atoms with Crippen LogP contribution in [0.25, 0.3) is 17.2 Å². The largest absolute Gasteiger partial charge is 0.611 e. The molecule has 0 saturated heterocycles. The molecule has 4 rings (SSSR count). The number of nitrogens with zero attached hydrogens (tertiary/aromatic N) is 2. The Labute approximate surface area is 277 Å². The van der Waals surface area contributed by atoms with Gasteiger partial charge in [0, 0.05) is 30.5 Å². The third-order valence-electron chi connectivity index (χ3n) is 7.18. The van der Waals surface area contributed by atoms with Gasteiger partial charge in [-0.2, -0.15) is 13.2 Å². The van der Waals surface area contributed by atoms with Gasteiger partial charge in [-0.15, -0.1) is 0 Å². The molecular weight excluding hydrogens is 627 g/mol. The molecular formula is C36H38F3N3O4S. The van der Waals surface area contributed by atoms with E-state index in [9.17, 15) is 22.5 Å². The Hall–Kier alpha value is -4.24. The van der Waals surface area contributed by atoms with Crippen LogP contribution in [0.15, 0.2) is 71.9 Å². The molecule has 0 spiro atoms. The first-order valence-electron chi connectivity index (χ1n) is 15.4. The van der Waals surface area contributed by atoms with Gasteiger partial charge in [0.05, 0.1) is 24.3 Å². The lowest BCUT2D eigenvalue weighted by Crippen LogP contribution is -2.12. The summed E-state index contributed by atoms with van der Waals surface area (Å²) in [7, 11) is 0. The number of unbranched alkanes of at least 4 members (excludes halogenated alkanes) is 1. The van der Waals surface area contributed by atoms with Crippen molar-refractivity contribution in [2.75, 3.05) is 25.1 Å². The number of alkyl halides is 3. The third kappa shape index (κ3) is 10.4. The van der Waals surface area contributed by atoms with E-state index < -0.39 is 28.8 Å². The number of halogens is 3. The molecule has 4 aromatic rings. The fourth-order valence-electron chi connectivity index (χ4n) is 4.66. The smallest absolute Gasteiger partial charge is 0.424 e. The lowest BCUT2D eigenvalue weighted by atomic mass is 10.0. The van der Waals surface area contributed by atoms with E-state index in [0.29, 0.717) is 53.0 Å². The minimum atomic E-state index is -4.69. The number of amides is 1. The highest BCUT2D eigenvalue weighted by Crippen LogP contribution is 2.33. The zero-order valence-electron chi connectivity index (χ0n) is 26.7. The van der Waals surface area contributed by atoms with Gasteiger partial charge < -0.3 is 23.9 Å². The Morgan fingerprint density at radius 3 is 2.47 bits per heavy atom. The van der Waals surface area contributed by atoms with E-state index in [1.165, 1.54) is 6.07 Å². The number of ether oxygens (including phenoxy) is 2. The topological polar surface area (TPSA) is 88.4 Å². The van der Waals surface area contributed by atoms with Gasteiger partial charge in [0.2, 0.25) is 5.91 Å². The lowest BCUT2D eigenvalue weighted by Gasteiger charge is -2.13. The summed E-state index contributed by atoms with van der Waals surface area (Å²) in [6, 6.07) is 19.5. The Kier molecular flexibility index (Phi) is 12.9. The summed E-state index contributed by atoms with van der Waals surface area (Å²) in [5.41, 5.74) is 1.89. The summed E-state index contributed by atoms with van der Waals surface area (Å²) in [6.07, 6.45) is 2.17. The minimum absolute atomic E-state index is 0.227. The Balaban J connectivity index is 1.40. The second kappa shape index (κ2) is 17.1. The highest BCUT2D eigenvalue weighted by Gasteiger charge is 2.33. The standard InChI is InChI=1S/C36H38F3N3O4S/c1-4-6-20-45-21-22-46-31-13-7-27(8-14-31)28-9-17-33(36(37,38)39)29(23-28)10-18-35(43)41-30-11-15-32(16-12-30)47(44)24-34-26(3)40-25-42(34)19-5-2/h7-8,10-16,18,23,25H,4-6,19-22,24H2,1-3H3,(H,41,43)/b18-10+/t47-/m1/s1. The van der Waals surface area contributed by atoms with E-state index in [-0.39, 0.29) is 5.56 Å². The number of carbonyl (C=O) groups excluding carboxylic acids is 1. The number of aromatic nitrogens is 2. The predicted octanol–water partition coefficient (Wildman–Crippen LogP) is 8.04. The molecule has 7 nitrogen and oxygen atoms in total. The van der Waals surface area contributed by atoms with E-state index >= 15 is 0 Å². The van der Waals surface area contributed by atoms with Crippen LogP contribution >= 0.6 is 0 Å². The van der Waals surface area contributed by atoms with Gasteiger partial charge in [-0.3, -0.25) is 4.79 Å². The molecule has 0 aliphatic carbocycles. The Morgan fingerprint density at radius 1 is 1.04 bits per heavy atom. The number of imidazole rings is 1. The van der Waals surface area contributed by atoms with Crippen molar-refractivity contribution in [3.63, 3.8) is 0 Å². The molecule has 1 atom stereocenters. The van der Waals surface area contributed by atoms with Gasteiger partial charge in [0.15, 0.2) is 10.6 Å². The molecule has 0 aliphatic heterocycles. The monoisotopic (exact) mass is 665 g/mol. The van der Waals surface area contributed by atoms with Gasteiger partial charge in [-0.05, 0) is 90.6 Å². The normalized spacial score (nSPS) is 12.2. The SMILES string of the molecule is CCCCOCCOc1ccc(-c2c#cc(C(F)(F)F)c(/C=C/C(=O)Nc3ccc([S@+]([O-])Cc4c(C)ncn4CCC)cc3)c2)cc1. The summed E-state index contributed by atoms with van der Waals surface area (Å²) < 4.78 is 67.5. The summed E-state index contributed by atoms with van der Waals surface area (Å²) in [4.78, 5) is 17.6. The van der Waals surface area contributed by atoms with E-state index in [1.807, 2.05) is 11.5 Å². The van der Waals surface area contributed by atoms with Gasteiger partial charge in [-0.1, -0.05) is 44.5 Å². The summed E-state index contributed by atoms with van der Waals surface area (Å²) in [5, 5.41) is 2.64. The van der Waals surface area contributed by atoms with E-state index in [2.05, 4.69) is 36.3 Å². The van der Waals surface area contributed by atoms with Gasteiger partial charge in [0.25, 0.3) is 0 Å². The molecule has 1 N–H and O–H groups in total. The molecule has 1 amide bonds. The number of aryl methyl sites for hydroxylation is 2. The van der Waals surface area contributed by atoms with Crippen LogP contribution in [0.3, 0.4) is 0 Å². The van der Waals surface area contributed by atoms with Crippen molar-refractivity contribution < 1.29 is 32.0 Å². The average molecular weight is 666 g/mol. The number of rotatable bonds is 16. The zero-order valence-corrected chi connectivity index (χ0v) is 27.5.